The molecule has 0 fully saturated rings. The molecule has 0 aliphatic heterocycles. The van der Waals surface area contributed by atoms with Crippen LogP contribution < -0.4 is 21.3 Å². The first kappa shape index (κ1) is 45.1. The summed E-state index contributed by atoms with van der Waals surface area (Å²) in [6.45, 7) is 19.1. The number of carbonyl (C=O) groups is 4. The normalized spacial score (nSPS) is 12.2. The molecule has 0 spiro atoms. The molecule has 0 saturated carbocycles. The van der Waals surface area contributed by atoms with E-state index < -0.39 is 72.3 Å². The molecule has 0 unspecified atom stereocenters. The number of amides is 1. The Labute approximate surface area is 319 Å². The molecule has 4 N–H and O–H groups in total. The molecule has 54 heavy (non-hydrogen) atoms. The Morgan fingerprint density at radius 1 is 0.500 bits per heavy atom. The Morgan fingerprint density at radius 2 is 0.833 bits per heavy atom. The number of carbonyl (C=O) groups excluding carboxylic acids is 4. The van der Waals surface area contributed by atoms with Gasteiger partial charge in [0.15, 0.2) is 0 Å². The quantitative estimate of drug-likeness (QED) is 0.113. The Hall–Kier alpha value is -5.08. The van der Waals surface area contributed by atoms with E-state index in [1.165, 1.54) is 4.90 Å². The number of nitrogens with zero attached hydrogens (tertiary/aromatic N) is 2. The van der Waals surface area contributed by atoms with Gasteiger partial charge in [-0.25, -0.2) is 19.2 Å². The van der Waals surface area contributed by atoms with E-state index in [4.69, 9.17) is 44.6 Å². The number of anilines is 4. The molecule has 0 aliphatic rings. The first-order valence-corrected chi connectivity index (χ1v) is 17.7. The highest BCUT2D eigenvalue weighted by molar-refractivity contribution is 5.88. The summed E-state index contributed by atoms with van der Waals surface area (Å²) in [5.41, 5.74) is 8.93. The second kappa shape index (κ2) is 18.3. The maximum atomic E-state index is 13.5. The molecule has 15 nitrogen and oxygen atoms in total. The minimum Gasteiger partial charge on any atom is -0.443 e. The molecule has 2 rings (SSSR count). The van der Waals surface area contributed by atoms with Crippen LogP contribution in [0.25, 0.3) is 0 Å². The van der Waals surface area contributed by atoms with Crippen molar-refractivity contribution in [3.8, 4) is 0 Å². The van der Waals surface area contributed by atoms with Crippen molar-refractivity contribution in [2.75, 3.05) is 54.2 Å². The van der Waals surface area contributed by atoms with E-state index in [-0.39, 0.29) is 19.5 Å². The van der Waals surface area contributed by atoms with Crippen molar-refractivity contribution in [1.82, 2.24) is 0 Å². The fourth-order valence-corrected chi connectivity index (χ4v) is 4.76. The van der Waals surface area contributed by atoms with Crippen LogP contribution in [0, 0.1) is 0 Å². The third kappa shape index (κ3) is 16.7. The van der Waals surface area contributed by atoms with Crippen molar-refractivity contribution in [3.63, 3.8) is 0 Å². The number of nitrogen functional groups attached to an aromatic ring is 2. The lowest BCUT2D eigenvalue weighted by Crippen LogP contribution is -2.60. The molecular weight excluding hydrogens is 700 g/mol. The van der Waals surface area contributed by atoms with Crippen LogP contribution in [0.3, 0.4) is 0 Å². The zero-order valence-electron chi connectivity index (χ0n) is 33.9. The molecule has 0 radical (unpaired) electrons. The molecule has 0 bridgehead atoms. The van der Waals surface area contributed by atoms with Gasteiger partial charge in [0.2, 0.25) is 0 Å². The molecule has 0 aliphatic carbocycles. The van der Waals surface area contributed by atoms with Crippen molar-refractivity contribution in [2.24, 2.45) is 0 Å². The zero-order chi connectivity index (χ0) is 41.1. The number of benzene rings is 2. The second-order valence-corrected chi connectivity index (χ2v) is 16.8. The number of ether oxygens (including phenoxy) is 7. The Bertz CT molecular complexity index is 1460. The van der Waals surface area contributed by atoms with Crippen molar-refractivity contribution in [1.29, 1.82) is 0 Å². The maximum Gasteiger partial charge on any atom is 0.508 e. The van der Waals surface area contributed by atoms with Crippen LogP contribution in [0.15, 0.2) is 48.5 Å². The van der Waals surface area contributed by atoms with Crippen molar-refractivity contribution < 1.29 is 52.3 Å². The van der Waals surface area contributed by atoms with Gasteiger partial charge >= 0.3 is 24.6 Å². The summed E-state index contributed by atoms with van der Waals surface area (Å²) >= 11 is 0. The van der Waals surface area contributed by atoms with Crippen LogP contribution >= 0.6 is 0 Å². The molecule has 0 saturated heterocycles. The fraction of sp³-hybridized carbons (Fsp3) is 0.590. The van der Waals surface area contributed by atoms with Crippen molar-refractivity contribution >= 4 is 47.3 Å². The van der Waals surface area contributed by atoms with Gasteiger partial charge in [-0.2, -0.15) is 0 Å². The first-order valence-electron chi connectivity index (χ1n) is 17.7. The summed E-state index contributed by atoms with van der Waals surface area (Å²) in [5, 5.41) is 0. The van der Waals surface area contributed by atoms with Gasteiger partial charge in [-0.1, -0.05) is 0 Å². The van der Waals surface area contributed by atoms with E-state index in [0.29, 0.717) is 22.7 Å². The van der Waals surface area contributed by atoms with Crippen LogP contribution in [0.1, 0.15) is 89.5 Å². The molecule has 1 amide bonds. The van der Waals surface area contributed by atoms with E-state index in [9.17, 15) is 19.2 Å². The summed E-state index contributed by atoms with van der Waals surface area (Å²) in [6, 6.07) is 13.5. The Balaban J connectivity index is 2.70. The molecule has 2 aromatic rings. The third-order valence-corrected chi connectivity index (χ3v) is 6.90. The van der Waals surface area contributed by atoms with Crippen LogP contribution in [0.2, 0.25) is 0 Å². The van der Waals surface area contributed by atoms with Crippen LogP contribution in [-0.4, -0.2) is 85.4 Å². The SMILES string of the molecule is CC(C)(C)OC(=O)OCC(COC(=O)OC(C)(C)C)(COC(=O)OC(C)(C)C)N(CCCN(C(=O)OC(C)(C)C)c1ccc(N)cc1)c1ccc(N)cc1. The zero-order valence-corrected chi connectivity index (χ0v) is 33.9. The summed E-state index contributed by atoms with van der Waals surface area (Å²) in [6.07, 6.45) is -3.37. The minimum absolute atomic E-state index is 0.116. The molecule has 0 atom stereocenters. The second-order valence-electron chi connectivity index (χ2n) is 16.8. The van der Waals surface area contributed by atoms with Crippen molar-refractivity contribution in [2.45, 2.75) is 117 Å². The van der Waals surface area contributed by atoms with E-state index in [0.717, 1.165) is 0 Å². The highest BCUT2D eigenvalue weighted by Gasteiger charge is 2.44. The predicted molar refractivity (Wildman–Crippen MR) is 207 cm³/mol. The topological polar surface area (TPSA) is 191 Å². The monoisotopic (exact) mass is 760 g/mol. The lowest BCUT2D eigenvalue weighted by molar-refractivity contribution is -0.0554. The van der Waals surface area contributed by atoms with Gasteiger partial charge in [0.25, 0.3) is 0 Å². The average molecular weight is 761 g/mol. The van der Waals surface area contributed by atoms with Gasteiger partial charge in [-0.05, 0) is 138 Å². The lowest BCUT2D eigenvalue weighted by Gasteiger charge is -2.44. The summed E-state index contributed by atoms with van der Waals surface area (Å²) in [4.78, 5) is 55.8. The summed E-state index contributed by atoms with van der Waals surface area (Å²) in [5.74, 6) is 0. The maximum absolute atomic E-state index is 13.5. The van der Waals surface area contributed by atoms with Crippen LogP contribution in [-0.2, 0) is 33.2 Å². The Morgan fingerprint density at radius 3 is 1.17 bits per heavy atom. The summed E-state index contributed by atoms with van der Waals surface area (Å²) < 4.78 is 39.1. The number of hydrogen-bond acceptors (Lipinski definition) is 14. The molecule has 2 aromatic carbocycles. The van der Waals surface area contributed by atoms with Gasteiger partial charge in [0.05, 0.1) is 0 Å². The molecule has 15 heteroatoms. The van der Waals surface area contributed by atoms with Crippen LogP contribution in [0.4, 0.5) is 41.9 Å². The van der Waals surface area contributed by atoms with Gasteiger partial charge in [0.1, 0.15) is 47.8 Å². The van der Waals surface area contributed by atoms with Crippen molar-refractivity contribution in [3.05, 3.63) is 48.5 Å². The van der Waals surface area contributed by atoms with E-state index >= 15 is 0 Å². The number of nitrogens with two attached hydrogens (primary N) is 2. The average Bonchev–Trinajstić information content (AvgIpc) is 2.99. The summed E-state index contributed by atoms with van der Waals surface area (Å²) in [7, 11) is 0. The Kier molecular flexibility index (Phi) is 15.3. The van der Waals surface area contributed by atoms with Gasteiger partial charge in [-0.15, -0.1) is 0 Å². The van der Waals surface area contributed by atoms with Gasteiger partial charge < -0.3 is 49.5 Å². The van der Waals surface area contributed by atoms with Gasteiger partial charge in [0, 0.05) is 35.8 Å². The highest BCUT2D eigenvalue weighted by atomic mass is 16.8. The van der Waals surface area contributed by atoms with Crippen LogP contribution in [0.5, 0.6) is 0 Å². The number of rotatable bonds is 13. The largest absolute Gasteiger partial charge is 0.508 e. The van der Waals surface area contributed by atoms with E-state index in [1.54, 1.807) is 137 Å². The van der Waals surface area contributed by atoms with E-state index in [1.807, 2.05) is 0 Å². The standard InChI is InChI=1S/C39H60N4O11/c1-35(2,3)51-31(44)42(29-18-14-27(40)15-19-29)22-13-23-43(30-20-16-28(41)17-21-30)39(24-48-32(45)52-36(4,5)6,25-49-33(46)53-37(7,8)9)26-50-34(47)54-38(10,11)12/h14-21H,13,22-26,40-41H2,1-12H3. The fourth-order valence-electron chi connectivity index (χ4n) is 4.76. The smallest absolute Gasteiger partial charge is 0.443 e. The molecule has 302 valence electrons. The van der Waals surface area contributed by atoms with E-state index in [2.05, 4.69) is 0 Å². The molecular formula is C39H60N4O11. The molecule has 0 heterocycles. The predicted octanol–water partition coefficient (Wildman–Crippen LogP) is 8.08. The first-order chi connectivity index (χ1) is 24.7. The number of hydrogen-bond donors (Lipinski definition) is 2. The molecule has 0 aromatic heterocycles. The highest BCUT2D eigenvalue weighted by Crippen LogP contribution is 2.30. The third-order valence-electron chi connectivity index (χ3n) is 6.90. The minimum atomic E-state index is -1.63. The lowest BCUT2D eigenvalue weighted by atomic mass is 9.98. The van der Waals surface area contributed by atoms with Gasteiger partial charge in [-0.3, -0.25) is 4.90 Å².